The van der Waals surface area contributed by atoms with E-state index in [0.717, 1.165) is 18.9 Å². The van der Waals surface area contributed by atoms with Gasteiger partial charge in [-0.15, -0.1) is 11.6 Å². The van der Waals surface area contributed by atoms with E-state index in [1.54, 1.807) is 0 Å². The number of hydrogen-bond donors (Lipinski definition) is 1. The Morgan fingerprint density at radius 2 is 2.12 bits per heavy atom. The van der Waals surface area contributed by atoms with Gasteiger partial charge < -0.3 is 5.32 Å². The number of rotatable bonds is 5. The number of benzene rings is 1. The first kappa shape index (κ1) is 13.3. The van der Waals surface area contributed by atoms with Crippen LogP contribution in [0.1, 0.15) is 19.3 Å². The minimum absolute atomic E-state index is 0.140. The summed E-state index contributed by atoms with van der Waals surface area (Å²) in [4.78, 5) is 11.4. The quantitative estimate of drug-likeness (QED) is 0.635. The van der Waals surface area contributed by atoms with E-state index in [9.17, 15) is 9.18 Å². The fourth-order valence-corrected chi connectivity index (χ4v) is 1.59. The van der Waals surface area contributed by atoms with Gasteiger partial charge in [0.1, 0.15) is 5.82 Å². The predicted octanol–water partition coefficient (Wildman–Crippen LogP) is 3.83. The second kappa shape index (κ2) is 6.71. The van der Waals surface area contributed by atoms with Crippen LogP contribution in [0.2, 0.25) is 5.02 Å². The van der Waals surface area contributed by atoms with Gasteiger partial charge in [-0.3, -0.25) is 4.79 Å². The van der Waals surface area contributed by atoms with E-state index in [4.69, 9.17) is 23.2 Å². The third-order valence-corrected chi connectivity index (χ3v) is 2.57. The van der Waals surface area contributed by atoms with E-state index in [0.29, 0.717) is 18.0 Å². The Morgan fingerprint density at radius 3 is 2.75 bits per heavy atom. The van der Waals surface area contributed by atoms with E-state index in [1.165, 1.54) is 12.1 Å². The van der Waals surface area contributed by atoms with Crippen LogP contribution in [0, 0.1) is 5.82 Å². The normalized spacial score (nSPS) is 10.2. The van der Waals surface area contributed by atoms with Crippen molar-refractivity contribution in [3.05, 3.63) is 29.0 Å². The second-order valence-corrected chi connectivity index (χ2v) is 4.10. The van der Waals surface area contributed by atoms with Gasteiger partial charge in [0.15, 0.2) is 0 Å². The van der Waals surface area contributed by atoms with Gasteiger partial charge in [0.25, 0.3) is 0 Å². The number of alkyl halides is 1. The minimum atomic E-state index is -0.426. The standard InChI is InChI=1S/C11H12Cl2FNO/c12-6-2-1-3-11(16)15-10-5-4-8(14)7-9(10)13/h4-5,7H,1-3,6H2,(H,15,16). The fraction of sp³-hybridized carbons (Fsp3) is 0.364. The smallest absolute Gasteiger partial charge is 0.224 e. The molecule has 1 rings (SSSR count). The third-order valence-electron chi connectivity index (χ3n) is 1.99. The molecular formula is C11H12Cl2FNO. The number of nitrogens with one attached hydrogen (secondary N) is 1. The first-order valence-electron chi connectivity index (χ1n) is 4.94. The van der Waals surface area contributed by atoms with E-state index in [-0.39, 0.29) is 10.9 Å². The largest absolute Gasteiger partial charge is 0.325 e. The first-order valence-corrected chi connectivity index (χ1v) is 5.85. The molecule has 0 radical (unpaired) electrons. The molecule has 0 spiro atoms. The molecule has 0 aliphatic rings. The predicted molar refractivity (Wildman–Crippen MR) is 64.6 cm³/mol. The highest BCUT2D eigenvalue weighted by molar-refractivity contribution is 6.33. The van der Waals surface area contributed by atoms with Crippen LogP contribution in [0.5, 0.6) is 0 Å². The molecule has 0 aromatic heterocycles. The molecule has 1 N–H and O–H groups in total. The number of carbonyl (C=O) groups is 1. The van der Waals surface area contributed by atoms with Crippen molar-refractivity contribution < 1.29 is 9.18 Å². The van der Waals surface area contributed by atoms with Crippen LogP contribution in [0.15, 0.2) is 18.2 Å². The summed E-state index contributed by atoms with van der Waals surface area (Å²) in [7, 11) is 0. The van der Waals surface area contributed by atoms with E-state index in [2.05, 4.69) is 5.32 Å². The Balaban J connectivity index is 2.49. The Morgan fingerprint density at radius 1 is 1.38 bits per heavy atom. The number of halogens is 3. The molecule has 0 atom stereocenters. The van der Waals surface area contributed by atoms with Crippen LogP contribution in [0.25, 0.3) is 0 Å². The molecule has 1 amide bonds. The molecule has 16 heavy (non-hydrogen) atoms. The van der Waals surface area contributed by atoms with Crippen LogP contribution in [0.3, 0.4) is 0 Å². The molecule has 0 bridgehead atoms. The van der Waals surface area contributed by atoms with Crippen molar-refractivity contribution in [2.24, 2.45) is 0 Å². The van der Waals surface area contributed by atoms with E-state index >= 15 is 0 Å². The lowest BCUT2D eigenvalue weighted by molar-refractivity contribution is -0.116. The minimum Gasteiger partial charge on any atom is -0.325 e. The van der Waals surface area contributed by atoms with Crippen molar-refractivity contribution >= 4 is 34.8 Å². The zero-order chi connectivity index (χ0) is 12.0. The summed E-state index contributed by atoms with van der Waals surface area (Å²) in [5.74, 6) is -0.0197. The van der Waals surface area contributed by atoms with E-state index in [1.807, 2.05) is 0 Å². The van der Waals surface area contributed by atoms with Crippen molar-refractivity contribution in [1.82, 2.24) is 0 Å². The maximum absolute atomic E-state index is 12.7. The molecule has 5 heteroatoms. The van der Waals surface area contributed by atoms with Crippen LogP contribution in [-0.2, 0) is 4.79 Å². The molecule has 0 saturated carbocycles. The summed E-state index contributed by atoms with van der Waals surface area (Å²) < 4.78 is 12.7. The average Bonchev–Trinajstić information content (AvgIpc) is 2.23. The summed E-state index contributed by atoms with van der Waals surface area (Å²) in [6, 6.07) is 3.85. The van der Waals surface area contributed by atoms with Crippen molar-refractivity contribution in [3.63, 3.8) is 0 Å². The van der Waals surface area contributed by atoms with Crippen LogP contribution < -0.4 is 5.32 Å². The van der Waals surface area contributed by atoms with Crippen molar-refractivity contribution in [3.8, 4) is 0 Å². The molecule has 88 valence electrons. The van der Waals surface area contributed by atoms with Gasteiger partial charge in [-0.2, -0.15) is 0 Å². The third kappa shape index (κ3) is 4.37. The number of amides is 1. The maximum Gasteiger partial charge on any atom is 0.224 e. The Bertz CT molecular complexity index is 371. The molecule has 0 unspecified atom stereocenters. The van der Waals surface area contributed by atoms with Gasteiger partial charge in [0.2, 0.25) is 5.91 Å². The zero-order valence-electron chi connectivity index (χ0n) is 8.60. The summed E-state index contributed by atoms with van der Waals surface area (Å²) in [6.07, 6.45) is 1.92. The SMILES string of the molecule is O=C(CCCCCl)Nc1ccc(F)cc1Cl. The second-order valence-electron chi connectivity index (χ2n) is 3.32. The van der Waals surface area contributed by atoms with Gasteiger partial charge in [-0.05, 0) is 31.0 Å². The molecule has 0 aliphatic heterocycles. The Hall–Kier alpha value is -0.800. The topological polar surface area (TPSA) is 29.1 Å². The highest BCUT2D eigenvalue weighted by Crippen LogP contribution is 2.22. The first-order chi connectivity index (χ1) is 7.63. The lowest BCUT2D eigenvalue weighted by atomic mass is 10.2. The molecule has 1 aromatic carbocycles. The highest BCUT2D eigenvalue weighted by atomic mass is 35.5. The highest BCUT2D eigenvalue weighted by Gasteiger charge is 2.06. The number of hydrogen-bond acceptors (Lipinski definition) is 1. The zero-order valence-corrected chi connectivity index (χ0v) is 10.1. The number of unbranched alkanes of at least 4 members (excludes halogenated alkanes) is 1. The van der Waals surface area contributed by atoms with Crippen LogP contribution in [-0.4, -0.2) is 11.8 Å². The summed E-state index contributed by atoms with van der Waals surface area (Å²) in [6.45, 7) is 0. The lowest BCUT2D eigenvalue weighted by Crippen LogP contribution is -2.11. The molecule has 1 aromatic rings. The van der Waals surface area contributed by atoms with Crippen LogP contribution in [0.4, 0.5) is 10.1 Å². The molecule has 0 heterocycles. The molecule has 2 nitrogen and oxygen atoms in total. The number of anilines is 1. The van der Waals surface area contributed by atoms with Crippen molar-refractivity contribution in [2.75, 3.05) is 11.2 Å². The molecular weight excluding hydrogens is 252 g/mol. The summed E-state index contributed by atoms with van der Waals surface area (Å²) >= 11 is 11.3. The molecule has 0 saturated heterocycles. The lowest BCUT2D eigenvalue weighted by Gasteiger charge is -2.06. The molecule has 0 aliphatic carbocycles. The maximum atomic E-state index is 12.7. The Labute approximate surface area is 104 Å². The van der Waals surface area contributed by atoms with Gasteiger partial charge in [-0.25, -0.2) is 4.39 Å². The van der Waals surface area contributed by atoms with Gasteiger partial charge in [0.05, 0.1) is 10.7 Å². The Kier molecular flexibility index (Phi) is 5.56. The van der Waals surface area contributed by atoms with Crippen molar-refractivity contribution in [2.45, 2.75) is 19.3 Å². The van der Waals surface area contributed by atoms with Crippen molar-refractivity contribution in [1.29, 1.82) is 0 Å². The van der Waals surface area contributed by atoms with Crippen LogP contribution >= 0.6 is 23.2 Å². The summed E-state index contributed by atoms with van der Waals surface area (Å²) in [5.41, 5.74) is 0.430. The van der Waals surface area contributed by atoms with Gasteiger partial charge in [-0.1, -0.05) is 11.6 Å². The monoisotopic (exact) mass is 263 g/mol. The van der Waals surface area contributed by atoms with E-state index < -0.39 is 5.82 Å². The average molecular weight is 264 g/mol. The van der Waals surface area contributed by atoms with Gasteiger partial charge in [0, 0.05) is 12.3 Å². The molecule has 0 fully saturated rings. The number of carbonyl (C=O) groups excluding carboxylic acids is 1. The summed E-state index contributed by atoms with van der Waals surface area (Å²) in [5, 5.41) is 2.82. The fourth-order valence-electron chi connectivity index (χ4n) is 1.18. The van der Waals surface area contributed by atoms with Gasteiger partial charge >= 0.3 is 0 Å².